The number of ether oxygens (including phenoxy) is 2. The van der Waals surface area contributed by atoms with Crippen LogP contribution in [0.2, 0.25) is 5.02 Å². The maximum absolute atomic E-state index is 12.1. The lowest BCUT2D eigenvalue weighted by atomic mass is 10.1. The van der Waals surface area contributed by atoms with Gasteiger partial charge in [0.2, 0.25) is 5.78 Å². The first-order valence-electron chi connectivity index (χ1n) is 7.16. The Bertz CT molecular complexity index is 894. The van der Waals surface area contributed by atoms with E-state index < -0.39 is 34.9 Å². The first-order valence-corrected chi connectivity index (χ1v) is 7.54. The molecule has 26 heavy (non-hydrogen) atoms. The third kappa shape index (κ3) is 4.42. The van der Waals surface area contributed by atoms with Crippen molar-refractivity contribution in [2.45, 2.75) is 0 Å². The van der Waals surface area contributed by atoms with Gasteiger partial charge in [-0.05, 0) is 18.2 Å². The van der Waals surface area contributed by atoms with Crippen molar-refractivity contribution in [2.75, 3.05) is 13.7 Å². The first kappa shape index (κ1) is 19.1. The van der Waals surface area contributed by atoms with Gasteiger partial charge in [-0.2, -0.15) is 0 Å². The lowest BCUT2D eigenvalue weighted by Crippen LogP contribution is -2.15. The van der Waals surface area contributed by atoms with Gasteiger partial charge in [-0.15, -0.1) is 0 Å². The van der Waals surface area contributed by atoms with E-state index in [1.807, 2.05) is 0 Å². The molecule has 2 rings (SSSR count). The van der Waals surface area contributed by atoms with Crippen LogP contribution >= 0.6 is 11.6 Å². The largest absolute Gasteiger partial charge is 0.465 e. The van der Waals surface area contributed by atoms with Gasteiger partial charge >= 0.3 is 11.9 Å². The number of methoxy groups -OCH3 is 1. The Labute approximate surface area is 152 Å². The number of hydrogen-bond acceptors (Lipinski definition) is 7. The van der Waals surface area contributed by atoms with Gasteiger partial charge in [-0.1, -0.05) is 23.7 Å². The molecule has 0 unspecified atom stereocenters. The number of benzene rings is 2. The van der Waals surface area contributed by atoms with Crippen molar-refractivity contribution in [3.63, 3.8) is 0 Å². The molecule has 2 aromatic rings. The minimum Gasteiger partial charge on any atom is -0.465 e. The summed E-state index contributed by atoms with van der Waals surface area (Å²) < 4.78 is 9.37. The Hall–Kier alpha value is -3.26. The fourth-order valence-corrected chi connectivity index (χ4v) is 2.29. The van der Waals surface area contributed by atoms with Crippen LogP contribution in [0, 0.1) is 10.1 Å². The molecule has 0 spiro atoms. The molecule has 0 aromatic heterocycles. The maximum atomic E-state index is 12.1. The average molecular weight is 378 g/mol. The van der Waals surface area contributed by atoms with Gasteiger partial charge in [0.25, 0.3) is 5.69 Å². The lowest BCUT2D eigenvalue weighted by molar-refractivity contribution is -0.384. The zero-order chi connectivity index (χ0) is 19.3. The number of non-ortho nitro benzene ring substituents is 1. The number of Topliss-reactive ketones (excluding diaryl/α,β-unsaturated/α-hetero) is 1. The molecule has 0 N–H and O–H groups in total. The number of hydrogen-bond donors (Lipinski definition) is 0. The molecule has 0 heterocycles. The van der Waals surface area contributed by atoms with Crippen molar-refractivity contribution in [1.82, 2.24) is 0 Å². The van der Waals surface area contributed by atoms with E-state index in [0.29, 0.717) is 0 Å². The van der Waals surface area contributed by atoms with Gasteiger partial charge in [0.15, 0.2) is 6.61 Å². The normalized spacial score (nSPS) is 10.1. The van der Waals surface area contributed by atoms with E-state index >= 15 is 0 Å². The summed E-state index contributed by atoms with van der Waals surface area (Å²) in [6, 6.07) is 9.22. The van der Waals surface area contributed by atoms with Crippen LogP contribution in [0.5, 0.6) is 0 Å². The number of carbonyl (C=O) groups excluding carboxylic acids is 3. The van der Waals surface area contributed by atoms with Gasteiger partial charge in [-0.25, -0.2) is 9.59 Å². The van der Waals surface area contributed by atoms with Crippen molar-refractivity contribution in [1.29, 1.82) is 0 Å². The van der Waals surface area contributed by atoms with Gasteiger partial charge < -0.3 is 9.47 Å². The van der Waals surface area contributed by atoms with E-state index in [1.165, 1.54) is 12.1 Å². The minimum atomic E-state index is -1.00. The Kier molecular flexibility index (Phi) is 6.03. The van der Waals surface area contributed by atoms with Crippen molar-refractivity contribution in [3.8, 4) is 0 Å². The second kappa shape index (κ2) is 8.21. The number of nitro groups is 1. The number of esters is 2. The molecule has 0 saturated carbocycles. The molecular formula is C17H12ClNO7. The topological polar surface area (TPSA) is 113 Å². The fourth-order valence-electron chi connectivity index (χ4n) is 2.05. The van der Waals surface area contributed by atoms with E-state index in [1.54, 1.807) is 12.1 Å². The van der Waals surface area contributed by atoms with Crippen molar-refractivity contribution >= 4 is 35.0 Å². The standard InChI is InChI=1S/C17H12ClNO7/c1-25-16(21)10-6-11(8-12(7-10)19(23)24)17(22)26-9-15(20)13-4-2-3-5-14(13)18/h2-8H,9H2,1H3. The summed E-state index contributed by atoms with van der Waals surface area (Å²) in [7, 11) is 1.10. The third-order valence-corrected chi connectivity index (χ3v) is 3.62. The number of rotatable bonds is 6. The van der Waals surface area contributed by atoms with Crippen LogP contribution < -0.4 is 0 Å². The molecule has 134 valence electrons. The molecule has 0 radical (unpaired) electrons. The summed E-state index contributed by atoms with van der Waals surface area (Å²) >= 11 is 5.89. The highest BCUT2D eigenvalue weighted by Gasteiger charge is 2.20. The van der Waals surface area contributed by atoms with Crippen LogP contribution in [0.4, 0.5) is 5.69 Å². The number of halogens is 1. The summed E-state index contributed by atoms with van der Waals surface area (Å²) in [5.74, 6) is -2.39. The molecule has 0 fully saturated rings. The average Bonchev–Trinajstić information content (AvgIpc) is 2.65. The van der Waals surface area contributed by atoms with Gasteiger partial charge in [0, 0.05) is 17.7 Å². The van der Waals surface area contributed by atoms with Crippen LogP contribution in [0.15, 0.2) is 42.5 Å². The molecule has 0 saturated heterocycles. The second-order valence-corrected chi connectivity index (χ2v) is 5.40. The predicted molar refractivity (Wildman–Crippen MR) is 90.5 cm³/mol. The molecule has 0 amide bonds. The number of carbonyl (C=O) groups is 3. The molecular weight excluding hydrogens is 366 g/mol. The SMILES string of the molecule is COC(=O)c1cc(C(=O)OCC(=O)c2ccccc2Cl)cc([N+](=O)[O-])c1. The number of nitrogens with zero attached hydrogens (tertiary/aromatic N) is 1. The fraction of sp³-hybridized carbons (Fsp3) is 0.118. The zero-order valence-electron chi connectivity index (χ0n) is 13.4. The smallest absolute Gasteiger partial charge is 0.338 e. The Morgan fingerprint density at radius 3 is 2.27 bits per heavy atom. The van der Waals surface area contributed by atoms with Crippen LogP contribution in [0.1, 0.15) is 31.1 Å². The van der Waals surface area contributed by atoms with Crippen LogP contribution in [-0.4, -0.2) is 36.4 Å². The lowest BCUT2D eigenvalue weighted by Gasteiger charge is -2.07. The third-order valence-electron chi connectivity index (χ3n) is 3.29. The summed E-state index contributed by atoms with van der Waals surface area (Å²) in [5, 5.41) is 11.2. The summed E-state index contributed by atoms with van der Waals surface area (Å²) in [4.78, 5) is 46.0. The summed E-state index contributed by atoms with van der Waals surface area (Å²) in [6.07, 6.45) is 0. The predicted octanol–water partition coefficient (Wildman–Crippen LogP) is 3.07. The summed E-state index contributed by atoms with van der Waals surface area (Å²) in [6.45, 7) is -0.612. The molecule has 0 aliphatic rings. The van der Waals surface area contributed by atoms with Crippen molar-refractivity contribution < 1.29 is 28.8 Å². The first-order chi connectivity index (χ1) is 12.3. The van der Waals surface area contributed by atoms with Crippen LogP contribution in [-0.2, 0) is 9.47 Å². The van der Waals surface area contributed by atoms with Crippen LogP contribution in [0.3, 0.4) is 0 Å². The van der Waals surface area contributed by atoms with E-state index in [4.69, 9.17) is 16.3 Å². The van der Waals surface area contributed by atoms with E-state index in [9.17, 15) is 24.5 Å². The maximum Gasteiger partial charge on any atom is 0.338 e. The molecule has 9 heteroatoms. The summed E-state index contributed by atoms with van der Waals surface area (Å²) in [5.41, 5.74) is -0.758. The molecule has 0 atom stereocenters. The van der Waals surface area contributed by atoms with Gasteiger partial charge in [0.1, 0.15) is 0 Å². The van der Waals surface area contributed by atoms with Crippen LogP contribution in [0.25, 0.3) is 0 Å². The van der Waals surface area contributed by atoms with E-state index in [-0.39, 0.29) is 21.7 Å². The highest BCUT2D eigenvalue weighted by Crippen LogP contribution is 2.20. The Morgan fingerprint density at radius 2 is 1.69 bits per heavy atom. The van der Waals surface area contributed by atoms with Crippen molar-refractivity contribution in [2.24, 2.45) is 0 Å². The molecule has 2 aromatic carbocycles. The highest BCUT2D eigenvalue weighted by atomic mass is 35.5. The van der Waals surface area contributed by atoms with Gasteiger partial charge in [-0.3, -0.25) is 14.9 Å². The Morgan fingerprint density at radius 1 is 1.08 bits per heavy atom. The second-order valence-electron chi connectivity index (χ2n) is 5.00. The zero-order valence-corrected chi connectivity index (χ0v) is 14.2. The van der Waals surface area contributed by atoms with E-state index in [2.05, 4.69) is 4.74 Å². The number of nitro benzene ring substituents is 1. The quantitative estimate of drug-likeness (QED) is 0.329. The number of ketones is 1. The highest BCUT2D eigenvalue weighted by molar-refractivity contribution is 6.34. The molecule has 8 nitrogen and oxygen atoms in total. The molecule has 0 bridgehead atoms. The molecule has 0 aliphatic heterocycles. The molecule has 0 aliphatic carbocycles. The van der Waals surface area contributed by atoms with Crippen molar-refractivity contribution in [3.05, 3.63) is 74.3 Å². The minimum absolute atomic E-state index is 0.177. The monoisotopic (exact) mass is 377 g/mol. The van der Waals surface area contributed by atoms with E-state index in [0.717, 1.165) is 25.3 Å². The van der Waals surface area contributed by atoms with Gasteiger partial charge in [0.05, 0.1) is 28.2 Å². The Balaban J connectivity index is 2.20.